The minimum absolute atomic E-state index is 0.00242. The van der Waals surface area contributed by atoms with Crippen LogP contribution < -0.4 is 15.3 Å². The Morgan fingerprint density at radius 2 is 1.97 bits per heavy atom. The largest absolute Gasteiger partial charge is 0.547 e. The number of aliphatic hydroxyl groups excluding tert-OH is 1. The van der Waals surface area contributed by atoms with Gasteiger partial charge in [0, 0.05) is 26.2 Å². The first-order chi connectivity index (χ1) is 16.2. The third kappa shape index (κ3) is 5.12. The number of piperazine rings is 1. The van der Waals surface area contributed by atoms with E-state index in [1.807, 2.05) is 0 Å². The van der Waals surface area contributed by atoms with E-state index in [4.69, 9.17) is 4.65 Å². The SMILES string of the molecule is CCN1CCN(C(=O)N[C@H](CCO)C(=O)N[C@H]2Cc3cccc(C(=O)O)c3OB2O)C(=O)C1=O. The number of carboxylic acid groups (broad SMARTS) is 1. The number of fused-ring (bicyclic) bond motifs is 1. The second kappa shape index (κ2) is 10.5. The zero-order chi connectivity index (χ0) is 25.0. The van der Waals surface area contributed by atoms with Gasteiger partial charge in [0.2, 0.25) is 5.91 Å². The van der Waals surface area contributed by atoms with Gasteiger partial charge < -0.3 is 35.4 Å². The van der Waals surface area contributed by atoms with Crippen LogP contribution in [0.3, 0.4) is 0 Å². The first kappa shape index (κ1) is 25.0. The van der Waals surface area contributed by atoms with E-state index in [-0.39, 0.29) is 37.2 Å². The van der Waals surface area contributed by atoms with Crippen LogP contribution in [0.25, 0.3) is 0 Å². The van der Waals surface area contributed by atoms with Gasteiger partial charge in [-0.05, 0) is 31.4 Å². The molecule has 1 fully saturated rings. The number of rotatable bonds is 7. The maximum atomic E-state index is 12.8. The summed E-state index contributed by atoms with van der Waals surface area (Å²) in [6.45, 7) is 1.67. The van der Waals surface area contributed by atoms with E-state index >= 15 is 0 Å². The number of nitrogens with zero attached hydrogens (tertiary/aromatic N) is 2. The molecule has 5 amide bonds. The monoisotopic (exact) mass is 476 g/mol. The maximum absolute atomic E-state index is 12.8. The van der Waals surface area contributed by atoms with Crippen LogP contribution in [0.15, 0.2) is 18.2 Å². The standard InChI is InChI=1S/C20H25BN4O9/c1-2-24-7-8-25(18(29)17(24)28)20(32)22-13(6-9-26)16(27)23-14-10-11-4-3-5-12(19(30)31)15(11)34-21(14)33/h3-5,13-14,26,33H,2,6-10H2,1H3,(H,22,32)(H,23,27)(H,30,31)/t13-,14+/m1/s1. The lowest BCUT2D eigenvalue weighted by molar-refractivity contribution is -0.153. The molecule has 0 aliphatic carbocycles. The minimum Gasteiger partial charge on any atom is -0.534 e. The Morgan fingerprint density at radius 1 is 1.24 bits per heavy atom. The average Bonchev–Trinajstić information content (AvgIpc) is 2.80. The van der Waals surface area contributed by atoms with Crippen LogP contribution >= 0.6 is 0 Å². The quantitative estimate of drug-likeness (QED) is 0.219. The molecule has 182 valence electrons. The third-order valence-corrected chi connectivity index (χ3v) is 5.64. The topological polar surface area (TPSA) is 186 Å². The van der Waals surface area contributed by atoms with Crippen LogP contribution in [0.5, 0.6) is 5.75 Å². The van der Waals surface area contributed by atoms with Crippen LogP contribution in [-0.2, 0) is 20.8 Å². The molecule has 0 unspecified atom stereocenters. The summed E-state index contributed by atoms with van der Waals surface area (Å²) in [4.78, 5) is 63.0. The first-order valence-corrected chi connectivity index (χ1v) is 10.7. The number of nitrogens with one attached hydrogen (secondary N) is 2. The number of carboxylic acids is 1. The number of likely N-dealkylation sites (N-methyl/N-ethyl adjacent to an activating group) is 1. The molecule has 0 radical (unpaired) electrons. The number of hydrogen-bond acceptors (Lipinski definition) is 8. The van der Waals surface area contributed by atoms with Crippen LogP contribution in [0.4, 0.5) is 4.79 Å². The van der Waals surface area contributed by atoms with Crippen molar-refractivity contribution in [3.8, 4) is 5.75 Å². The van der Waals surface area contributed by atoms with Gasteiger partial charge in [0.1, 0.15) is 11.8 Å². The summed E-state index contributed by atoms with van der Waals surface area (Å²) in [5.41, 5.74) is 0.324. The van der Waals surface area contributed by atoms with E-state index in [9.17, 15) is 39.2 Å². The molecule has 3 rings (SSSR count). The van der Waals surface area contributed by atoms with Crippen molar-refractivity contribution in [2.75, 3.05) is 26.2 Å². The van der Waals surface area contributed by atoms with Crippen molar-refractivity contribution in [1.29, 1.82) is 0 Å². The lowest BCUT2D eigenvalue weighted by atomic mass is 9.72. The van der Waals surface area contributed by atoms with Crippen molar-refractivity contribution in [2.24, 2.45) is 0 Å². The fraction of sp³-hybridized carbons (Fsp3) is 0.450. The Morgan fingerprint density at radius 3 is 2.62 bits per heavy atom. The van der Waals surface area contributed by atoms with Gasteiger partial charge in [-0.15, -0.1) is 0 Å². The van der Waals surface area contributed by atoms with Crippen molar-refractivity contribution in [3.05, 3.63) is 29.3 Å². The summed E-state index contributed by atoms with van der Waals surface area (Å²) in [5, 5.41) is 33.8. The normalized spacial score (nSPS) is 18.7. The Labute approximate surface area is 194 Å². The zero-order valence-corrected chi connectivity index (χ0v) is 18.4. The van der Waals surface area contributed by atoms with Crippen molar-refractivity contribution in [3.63, 3.8) is 0 Å². The van der Waals surface area contributed by atoms with Crippen molar-refractivity contribution in [2.45, 2.75) is 31.7 Å². The minimum atomic E-state index is -1.57. The molecule has 1 aromatic carbocycles. The predicted molar refractivity (Wildman–Crippen MR) is 116 cm³/mol. The summed E-state index contributed by atoms with van der Waals surface area (Å²) in [6.07, 6.45) is -0.146. The highest BCUT2D eigenvalue weighted by Gasteiger charge is 2.40. The lowest BCUT2D eigenvalue weighted by Gasteiger charge is -2.33. The maximum Gasteiger partial charge on any atom is 0.547 e. The molecule has 34 heavy (non-hydrogen) atoms. The van der Waals surface area contributed by atoms with Crippen molar-refractivity contribution < 1.29 is 43.9 Å². The van der Waals surface area contributed by atoms with E-state index < -0.39 is 55.4 Å². The van der Waals surface area contributed by atoms with Crippen molar-refractivity contribution in [1.82, 2.24) is 20.4 Å². The molecule has 2 aliphatic rings. The molecule has 2 heterocycles. The molecule has 0 aromatic heterocycles. The fourth-order valence-electron chi connectivity index (χ4n) is 3.79. The van der Waals surface area contributed by atoms with E-state index in [0.29, 0.717) is 17.0 Å². The number of imide groups is 1. The average molecular weight is 476 g/mol. The second-order valence-electron chi connectivity index (χ2n) is 7.78. The Hall–Kier alpha value is -3.65. The number of urea groups is 1. The Balaban J connectivity index is 1.68. The molecule has 1 aromatic rings. The summed E-state index contributed by atoms with van der Waals surface area (Å²) < 4.78 is 5.33. The highest BCUT2D eigenvalue weighted by molar-refractivity contribution is 6.47. The van der Waals surface area contributed by atoms with Gasteiger partial charge in [0.15, 0.2) is 0 Å². The lowest BCUT2D eigenvalue weighted by Crippen LogP contribution is -2.62. The summed E-state index contributed by atoms with van der Waals surface area (Å²) >= 11 is 0. The molecule has 14 heteroatoms. The number of carbonyl (C=O) groups is 5. The molecule has 5 N–H and O–H groups in total. The van der Waals surface area contributed by atoms with E-state index in [2.05, 4.69) is 10.6 Å². The molecule has 13 nitrogen and oxygen atoms in total. The summed E-state index contributed by atoms with van der Waals surface area (Å²) in [5.74, 6) is -4.81. The van der Waals surface area contributed by atoms with Gasteiger partial charge in [0.25, 0.3) is 0 Å². The van der Waals surface area contributed by atoms with E-state index in [0.717, 1.165) is 0 Å². The molecule has 0 saturated carbocycles. The van der Waals surface area contributed by atoms with Crippen LogP contribution in [0.2, 0.25) is 0 Å². The highest BCUT2D eigenvalue weighted by Crippen LogP contribution is 2.30. The number of hydrogen-bond donors (Lipinski definition) is 5. The Kier molecular flexibility index (Phi) is 7.73. The van der Waals surface area contributed by atoms with Gasteiger partial charge in [0.05, 0.1) is 11.5 Å². The number of para-hydroxylation sites is 1. The van der Waals surface area contributed by atoms with Gasteiger partial charge in [-0.25, -0.2) is 9.59 Å². The number of carbonyl (C=O) groups excluding carboxylic acids is 4. The van der Waals surface area contributed by atoms with Crippen molar-refractivity contribution >= 4 is 36.8 Å². The fourth-order valence-corrected chi connectivity index (χ4v) is 3.79. The van der Waals surface area contributed by atoms with E-state index in [1.165, 1.54) is 17.0 Å². The molecule has 2 aliphatic heterocycles. The zero-order valence-electron chi connectivity index (χ0n) is 18.4. The summed E-state index contributed by atoms with van der Waals surface area (Å²) in [7, 11) is -1.57. The van der Waals surface area contributed by atoms with Gasteiger partial charge in [-0.3, -0.25) is 19.3 Å². The van der Waals surface area contributed by atoms with Crippen LogP contribution in [0, 0.1) is 0 Å². The third-order valence-electron chi connectivity index (χ3n) is 5.64. The number of aromatic carboxylic acids is 1. The first-order valence-electron chi connectivity index (χ1n) is 10.7. The Bertz CT molecular complexity index is 1000. The van der Waals surface area contributed by atoms with Gasteiger partial charge >= 0.3 is 30.9 Å². The predicted octanol–water partition coefficient (Wildman–Crippen LogP) is -2.02. The van der Waals surface area contributed by atoms with Gasteiger partial charge in [-0.2, -0.15) is 0 Å². The molecule has 2 atom stereocenters. The van der Waals surface area contributed by atoms with Crippen LogP contribution in [0.1, 0.15) is 29.3 Å². The molecule has 0 spiro atoms. The summed E-state index contributed by atoms with van der Waals surface area (Å²) in [6, 6.07) is 2.20. The molecule has 1 saturated heterocycles. The molecular weight excluding hydrogens is 451 g/mol. The second-order valence-corrected chi connectivity index (χ2v) is 7.78. The van der Waals surface area contributed by atoms with Gasteiger partial charge in [-0.1, -0.05) is 12.1 Å². The molecular formula is C20H25BN4O9. The number of benzene rings is 1. The smallest absolute Gasteiger partial charge is 0.534 e. The van der Waals surface area contributed by atoms with E-state index in [1.54, 1.807) is 13.0 Å². The molecule has 0 bridgehead atoms. The number of amides is 5. The highest BCUT2D eigenvalue weighted by atomic mass is 16.5. The number of aliphatic hydroxyl groups is 1. The van der Waals surface area contributed by atoms with Crippen LogP contribution in [-0.4, -0.2) is 100 Å².